The van der Waals surface area contributed by atoms with Gasteiger partial charge in [0.2, 0.25) is 0 Å². The van der Waals surface area contributed by atoms with Gasteiger partial charge in [-0.1, -0.05) is 12.1 Å². The number of fused-ring (bicyclic) bond motifs is 1. The van der Waals surface area contributed by atoms with Crippen LogP contribution in [0.3, 0.4) is 0 Å². The molecule has 1 N–H and O–H groups in total. The van der Waals surface area contributed by atoms with Gasteiger partial charge in [0.05, 0.1) is 12.6 Å². The van der Waals surface area contributed by atoms with Crippen molar-refractivity contribution in [2.75, 3.05) is 26.7 Å². The number of carbonyl (C=O) groups is 1. The number of unbranched alkanes of at least 4 members (excludes halogenated alkanes) is 1. The summed E-state index contributed by atoms with van der Waals surface area (Å²) in [6, 6.07) is 12.3. The Kier molecular flexibility index (Phi) is 9.45. The lowest BCUT2D eigenvalue weighted by Gasteiger charge is -2.38. The molecule has 4 rings (SSSR count). The van der Waals surface area contributed by atoms with Gasteiger partial charge in [0.25, 0.3) is 0 Å². The number of likely N-dealkylation sites (tertiary alicyclic amines) is 1. The molecule has 7 heteroatoms. The maximum Gasteiger partial charge on any atom is 0.303 e. The van der Waals surface area contributed by atoms with E-state index in [0.717, 1.165) is 80.9 Å². The molecule has 0 bridgehead atoms. The first kappa shape index (κ1) is 27.0. The lowest BCUT2D eigenvalue weighted by Crippen LogP contribution is -2.41. The van der Waals surface area contributed by atoms with Gasteiger partial charge in [0.15, 0.2) is 11.6 Å². The maximum absolute atomic E-state index is 13.9. The first-order valence-electron chi connectivity index (χ1n) is 13.2. The van der Waals surface area contributed by atoms with Crippen molar-refractivity contribution in [1.29, 1.82) is 0 Å². The van der Waals surface area contributed by atoms with Crippen LogP contribution in [-0.2, 0) is 17.6 Å². The summed E-state index contributed by atoms with van der Waals surface area (Å²) in [4.78, 5) is 18.4. The van der Waals surface area contributed by atoms with E-state index < -0.39 is 17.6 Å². The van der Waals surface area contributed by atoms with Crippen molar-refractivity contribution in [2.24, 2.45) is 11.8 Å². The highest BCUT2D eigenvalue weighted by Gasteiger charge is 2.30. The molecule has 0 unspecified atom stereocenters. The second-order valence-corrected chi connectivity index (χ2v) is 10.1. The zero-order chi connectivity index (χ0) is 26.2. The number of aromatic nitrogens is 1. The molecule has 0 radical (unpaired) electrons. The van der Waals surface area contributed by atoms with Gasteiger partial charge < -0.3 is 14.7 Å². The summed E-state index contributed by atoms with van der Waals surface area (Å²) in [6.07, 6.45) is 8.09. The molecule has 1 aliphatic rings. The fourth-order valence-corrected chi connectivity index (χ4v) is 5.67. The van der Waals surface area contributed by atoms with Crippen LogP contribution in [0.25, 0.3) is 10.9 Å². The van der Waals surface area contributed by atoms with Crippen LogP contribution in [0.2, 0.25) is 0 Å². The van der Waals surface area contributed by atoms with Crippen molar-refractivity contribution in [3.63, 3.8) is 0 Å². The quantitative estimate of drug-likeness (QED) is 0.291. The predicted molar refractivity (Wildman–Crippen MR) is 141 cm³/mol. The number of methoxy groups -OCH3 is 1. The Balaban J connectivity index is 1.27. The largest absolute Gasteiger partial charge is 0.497 e. The lowest BCUT2D eigenvalue weighted by molar-refractivity contribution is -0.139. The number of aliphatic carboxylic acids is 1. The third-order valence-corrected chi connectivity index (χ3v) is 7.67. The minimum atomic E-state index is -0.798. The van der Waals surface area contributed by atoms with E-state index in [2.05, 4.69) is 16.0 Å². The first-order chi connectivity index (χ1) is 17.9. The van der Waals surface area contributed by atoms with Crippen LogP contribution in [0.1, 0.15) is 49.7 Å². The Morgan fingerprint density at radius 3 is 2.73 bits per heavy atom. The summed E-state index contributed by atoms with van der Waals surface area (Å²) in [5, 5.41) is 10.6. The normalized spacial score (nSPS) is 18.2. The van der Waals surface area contributed by atoms with Crippen LogP contribution in [0.4, 0.5) is 8.78 Å². The average molecular weight is 511 g/mol. The minimum absolute atomic E-state index is 0.126. The number of nitrogens with zero attached hydrogens (tertiary/aromatic N) is 2. The third kappa shape index (κ3) is 7.25. The number of benzene rings is 2. The molecule has 37 heavy (non-hydrogen) atoms. The number of ether oxygens (including phenoxy) is 1. The number of aryl methyl sites for hydroxylation is 2. The monoisotopic (exact) mass is 510 g/mol. The molecule has 0 aliphatic carbocycles. The van der Waals surface area contributed by atoms with E-state index >= 15 is 0 Å². The molecule has 2 atom stereocenters. The Morgan fingerprint density at radius 2 is 1.92 bits per heavy atom. The summed E-state index contributed by atoms with van der Waals surface area (Å²) in [6.45, 7) is 2.58. The number of hydrogen-bond donors (Lipinski definition) is 1. The van der Waals surface area contributed by atoms with E-state index in [9.17, 15) is 18.7 Å². The topological polar surface area (TPSA) is 62.7 Å². The van der Waals surface area contributed by atoms with Crippen molar-refractivity contribution >= 4 is 16.9 Å². The van der Waals surface area contributed by atoms with E-state index in [4.69, 9.17) is 4.74 Å². The average Bonchev–Trinajstić information content (AvgIpc) is 2.89. The van der Waals surface area contributed by atoms with Crippen LogP contribution in [-0.4, -0.2) is 47.7 Å². The molecule has 1 saturated heterocycles. The number of carboxylic acid groups (broad SMARTS) is 1. The number of hydrogen-bond acceptors (Lipinski definition) is 4. The molecule has 2 heterocycles. The second-order valence-electron chi connectivity index (χ2n) is 10.1. The highest BCUT2D eigenvalue weighted by molar-refractivity contribution is 5.83. The van der Waals surface area contributed by atoms with E-state index in [1.54, 1.807) is 19.2 Å². The fraction of sp³-hybridized carbons (Fsp3) is 0.467. The molecule has 198 valence electrons. The SMILES string of the molecule is COc1ccc2nccc(CCC[C@@H]3CCN(CCCCc4cccc(F)c4F)C[C@@H]3CC(=O)O)c2c1. The standard InChI is InChI=1S/C30H36F2N2O3/c1-37-25-11-12-28-26(19-25)22(13-15-33-28)8-4-7-21-14-17-34(20-24(21)18-29(35)36)16-3-2-6-23-9-5-10-27(31)30(23)32/h5,9-13,15,19,21,24H,2-4,6-8,14,16-18,20H2,1H3,(H,35,36)/t21-,24+/m1/s1. The van der Waals surface area contributed by atoms with Crippen LogP contribution in [0, 0.1) is 23.5 Å². The molecule has 2 aromatic carbocycles. The molecular weight excluding hydrogens is 474 g/mol. The van der Waals surface area contributed by atoms with E-state index in [1.165, 1.54) is 5.56 Å². The molecule has 1 fully saturated rings. The second kappa shape index (κ2) is 13.0. The summed E-state index contributed by atoms with van der Waals surface area (Å²) in [5.74, 6) is -0.961. The number of pyridine rings is 1. The van der Waals surface area contributed by atoms with Crippen LogP contribution in [0.15, 0.2) is 48.7 Å². The van der Waals surface area contributed by atoms with Crippen LogP contribution in [0.5, 0.6) is 5.75 Å². The summed E-state index contributed by atoms with van der Waals surface area (Å²) < 4.78 is 32.7. The van der Waals surface area contributed by atoms with Gasteiger partial charge in [-0.15, -0.1) is 0 Å². The minimum Gasteiger partial charge on any atom is -0.497 e. The van der Waals surface area contributed by atoms with Crippen LogP contribution >= 0.6 is 0 Å². The zero-order valence-electron chi connectivity index (χ0n) is 21.5. The van der Waals surface area contributed by atoms with E-state index in [0.29, 0.717) is 17.9 Å². The Labute approximate surface area is 217 Å². The van der Waals surface area contributed by atoms with Crippen molar-refractivity contribution in [3.8, 4) is 5.75 Å². The zero-order valence-corrected chi connectivity index (χ0v) is 21.5. The number of piperidine rings is 1. The fourth-order valence-electron chi connectivity index (χ4n) is 5.67. The van der Waals surface area contributed by atoms with Crippen LogP contribution < -0.4 is 4.74 Å². The van der Waals surface area contributed by atoms with Crippen molar-refractivity contribution in [3.05, 3.63) is 71.4 Å². The molecule has 0 saturated carbocycles. The Bertz CT molecular complexity index is 1200. The Morgan fingerprint density at radius 1 is 1.08 bits per heavy atom. The molecule has 5 nitrogen and oxygen atoms in total. The van der Waals surface area contributed by atoms with Gasteiger partial charge in [-0.3, -0.25) is 9.78 Å². The molecule has 3 aromatic rings. The van der Waals surface area contributed by atoms with Gasteiger partial charge >= 0.3 is 5.97 Å². The van der Waals surface area contributed by atoms with Crippen molar-refractivity contribution < 1.29 is 23.4 Å². The summed E-state index contributed by atoms with van der Waals surface area (Å²) >= 11 is 0. The molecule has 1 aliphatic heterocycles. The van der Waals surface area contributed by atoms with Gasteiger partial charge in [0, 0.05) is 24.5 Å². The van der Waals surface area contributed by atoms with Gasteiger partial charge in [-0.05, 0) is 111 Å². The number of carboxylic acids is 1. The van der Waals surface area contributed by atoms with E-state index in [1.807, 2.05) is 24.4 Å². The summed E-state index contributed by atoms with van der Waals surface area (Å²) in [7, 11) is 1.66. The lowest BCUT2D eigenvalue weighted by atomic mass is 9.79. The first-order valence-corrected chi connectivity index (χ1v) is 13.2. The van der Waals surface area contributed by atoms with Gasteiger partial charge in [-0.25, -0.2) is 8.78 Å². The molecular formula is C30H36F2N2O3. The summed E-state index contributed by atoms with van der Waals surface area (Å²) in [5.41, 5.74) is 2.62. The molecule has 1 aromatic heterocycles. The highest BCUT2D eigenvalue weighted by atomic mass is 19.2. The molecule has 0 amide bonds. The highest BCUT2D eigenvalue weighted by Crippen LogP contribution is 2.32. The smallest absolute Gasteiger partial charge is 0.303 e. The maximum atomic E-state index is 13.9. The Hall–Kier alpha value is -3.06. The van der Waals surface area contributed by atoms with Gasteiger partial charge in [-0.2, -0.15) is 0 Å². The van der Waals surface area contributed by atoms with Crippen molar-refractivity contribution in [2.45, 2.75) is 51.4 Å². The third-order valence-electron chi connectivity index (χ3n) is 7.67. The number of halogens is 2. The molecule has 0 spiro atoms. The van der Waals surface area contributed by atoms with Gasteiger partial charge in [0.1, 0.15) is 5.75 Å². The number of rotatable bonds is 12. The van der Waals surface area contributed by atoms with E-state index in [-0.39, 0.29) is 12.3 Å². The van der Waals surface area contributed by atoms with Crippen molar-refractivity contribution in [1.82, 2.24) is 9.88 Å². The predicted octanol–water partition coefficient (Wildman–Crippen LogP) is 6.28.